The Bertz CT molecular complexity index is 1210. The summed E-state index contributed by atoms with van der Waals surface area (Å²) in [5.74, 6) is 5.94. The molecule has 4 nitrogen and oxygen atoms in total. The molecule has 1 fully saturated rings. The summed E-state index contributed by atoms with van der Waals surface area (Å²) in [4.78, 5) is 12.5. The second kappa shape index (κ2) is 8.71. The Morgan fingerprint density at radius 2 is 1.97 bits per heavy atom. The highest BCUT2D eigenvalue weighted by Gasteiger charge is 2.65. The molecule has 3 aliphatic carbocycles. The molecule has 4 N–H and O–H groups in total. The number of unbranched alkanes of at least 4 members (excludes halogenated alkanes) is 1. The Labute approximate surface area is 210 Å². The predicted octanol–water partition coefficient (Wildman–Crippen LogP) is 5.52. The van der Waals surface area contributed by atoms with E-state index >= 15 is 0 Å². The van der Waals surface area contributed by atoms with Gasteiger partial charge < -0.3 is 15.9 Å². The van der Waals surface area contributed by atoms with Crippen molar-refractivity contribution in [3.8, 4) is 17.6 Å². The number of nitrogens with two attached hydrogens (primary N) is 1. The highest BCUT2D eigenvalue weighted by atomic mass is 16.3. The summed E-state index contributed by atoms with van der Waals surface area (Å²) in [6.45, 7) is 19.1. The first-order valence-corrected chi connectivity index (χ1v) is 12.9. The number of primary amides is 1. The van der Waals surface area contributed by atoms with Crippen molar-refractivity contribution in [3.63, 3.8) is 0 Å². The molecule has 0 aliphatic heterocycles. The number of phenols is 1. The van der Waals surface area contributed by atoms with Crippen LogP contribution in [-0.2, 0) is 11.2 Å². The maximum atomic E-state index is 12.5. The average Bonchev–Trinajstić information content (AvgIpc) is 2.78. The van der Waals surface area contributed by atoms with Gasteiger partial charge in [0.05, 0.1) is 5.92 Å². The number of aliphatic hydroxyl groups is 1. The highest BCUT2D eigenvalue weighted by Crippen LogP contribution is 2.66. The van der Waals surface area contributed by atoms with Crippen LogP contribution in [0.1, 0.15) is 77.0 Å². The monoisotopic (exact) mass is 473 g/mol. The Morgan fingerprint density at radius 3 is 2.57 bits per heavy atom. The summed E-state index contributed by atoms with van der Waals surface area (Å²) >= 11 is 0. The number of amides is 1. The number of fused-ring (bicyclic) bond motifs is 3. The highest BCUT2D eigenvalue weighted by molar-refractivity contribution is 5.88. The molecule has 0 spiro atoms. The molecular weight excluding hydrogens is 434 g/mol. The first-order valence-electron chi connectivity index (χ1n) is 12.9. The molecule has 4 rings (SSSR count). The topological polar surface area (TPSA) is 83.5 Å². The number of carbonyl (C=O) groups excluding carboxylic acids is 1. The molecule has 1 amide bonds. The van der Waals surface area contributed by atoms with Crippen molar-refractivity contribution < 1.29 is 15.0 Å². The quantitative estimate of drug-likeness (QED) is 0.399. The predicted molar refractivity (Wildman–Crippen MR) is 141 cm³/mol. The number of hydrogen-bond donors (Lipinski definition) is 3. The summed E-state index contributed by atoms with van der Waals surface area (Å²) in [7, 11) is 0. The van der Waals surface area contributed by atoms with Gasteiger partial charge in [0.15, 0.2) is 0 Å². The van der Waals surface area contributed by atoms with Crippen molar-refractivity contribution >= 4 is 11.5 Å². The van der Waals surface area contributed by atoms with Gasteiger partial charge in [-0.3, -0.25) is 4.79 Å². The fraction of sp³-hybridized carbons (Fsp3) is 0.516. The molecule has 186 valence electrons. The van der Waals surface area contributed by atoms with Crippen molar-refractivity contribution in [2.24, 2.45) is 34.8 Å². The molecule has 1 aromatic rings. The molecule has 1 saturated carbocycles. The van der Waals surface area contributed by atoms with E-state index in [0.717, 1.165) is 65.5 Å². The molecule has 35 heavy (non-hydrogen) atoms. The largest absolute Gasteiger partial charge is 0.507 e. The van der Waals surface area contributed by atoms with E-state index in [2.05, 4.69) is 52.7 Å². The summed E-state index contributed by atoms with van der Waals surface area (Å²) in [6, 6.07) is 3.60. The van der Waals surface area contributed by atoms with Crippen LogP contribution in [0.15, 0.2) is 42.0 Å². The molecule has 4 heteroatoms. The van der Waals surface area contributed by atoms with E-state index in [1.54, 1.807) is 6.07 Å². The van der Waals surface area contributed by atoms with Crippen LogP contribution < -0.4 is 5.73 Å². The molecule has 1 aromatic carbocycles. The normalized spacial score (nSPS) is 33.9. The maximum absolute atomic E-state index is 12.5. The lowest BCUT2D eigenvalue weighted by Gasteiger charge is -2.63. The van der Waals surface area contributed by atoms with E-state index in [-0.39, 0.29) is 23.5 Å². The zero-order chi connectivity index (χ0) is 25.9. The Kier molecular flexibility index (Phi) is 6.31. The number of allylic oxidation sites excluding steroid dienone is 2. The Morgan fingerprint density at radius 1 is 1.29 bits per heavy atom. The van der Waals surface area contributed by atoms with Crippen LogP contribution >= 0.6 is 0 Å². The van der Waals surface area contributed by atoms with Gasteiger partial charge in [-0.15, -0.1) is 0 Å². The smallest absolute Gasteiger partial charge is 0.225 e. The lowest BCUT2D eigenvalue weighted by molar-refractivity contribution is -0.144. The van der Waals surface area contributed by atoms with Crippen molar-refractivity contribution in [1.29, 1.82) is 0 Å². The number of aromatic hydroxyl groups is 1. The van der Waals surface area contributed by atoms with Crippen LogP contribution in [0.4, 0.5) is 0 Å². The van der Waals surface area contributed by atoms with E-state index in [4.69, 9.17) is 5.73 Å². The minimum Gasteiger partial charge on any atom is -0.507 e. The number of rotatable bonds is 3. The van der Waals surface area contributed by atoms with Gasteiger partial charge >= 0.3 is 0 Å². The Balaban J connectivity index is 1.95. The average molecular weight is 474 g/mol. The first kappa shape index (κ1) is 25.3. The molecule has 3 aliphatic rings. The van der Waals surface area contributed by atoms with Crippen LogP contribution in [0.5, 0.6) is 5.75 Å². The van der Waals surface area contributed by atoms with Crippen LogP contribution in [0.2, 0.25) is 0 Å². The van der Waals surface area contributed by atoms with Crippen LogP contribution in [-0.4, -0.2) is 21.7 Å². The van der Waals surface area contributed by atoms with Gasteiger partial charge in [-0.25, -0.2) is 0 Å². The van der Waals surface area contributed by atoms with Crippen LogP contribution in [0.3, 0.4) is 0 Å². The number of carbonyl (C=O) groups is 1. The van der Waals surface area contributed by atoms with Crippen LogP contribution in [0, 0.1) is 40.9 Å². The molecule has 0 aromatic heterocycles. The van der Waals surface area contributed by atoms with E-state index in [9.17, 15) is 15.0 Å². The fourth-order valence-electron chi connectivity index (χ4n) is 7.94. The third kappa shape index (κ3) is 3.35. The van der Waals surface area contributed by atoms with Crippen molar-refractivity contribution in [2.45, 2.75) is 72.3 Å². The lowest BCUT2D eigenvalue weighted by atomic mass is 9.43. The zero-order valence-electron chi connectivity index (χ0n) is 21.8. The summed E-state index contributed by atoms with van der Waals surface area (Å²) in [5.41, 5.74) is 9.66. The molecule has 6 atom stereocenters. The third-order valence-electron chi connectivity index (χ3n) is 9.38. The molecule has 0 bridgehead atoms. The summed E-state index contributed by atoms with van der Waals surface area (Å²) in [5, 5.41) is 23.4. The zero-order valence-corrected chi connectivity index (χ0v) is 21.8. The number of hydrogen-bond acceptors (Lipinski definition) is 3. The minimum atomic E-state index is -1.37. The number of benzene rings is 1. The number of phenolic OH excluding ortho intramolecular Hbond substituents is 1. The molecule has 0 heterocycles. The van der Waals surface area contributed by atoms with Gasteiger partial charge in [-0.1, -0.05) is 59.1 Å². The first-order chi connectivity index (χ1) is 16.4. The van der Waals surface area contributed by atoms with Gasteiger partial charge in [0, 0.05) is 23.0 Å². The van der Waals surface area contributed by atoms with Crippen molar-refractivity contribution in [3.05, 3.63) is 58.7 Å². The van der Waals surface area contributed by atoms with E-state index in [1.807, 2.05) is 13.0 Å². The van der Waals surface area contributed by atoms with Gasteiger partial charge in [-0.05, 0) is 83.9 Å². The molecule has 3 unspecified atom stereocenters. The Hall–Kier alpha value is -2.77. The van der Waals surface area contributed by atoms with Crippen molar-refractivity contribution in [2.75, 3.05) is 0 Å². The van der Waals surface area contributed by atoms with Gasteiger partial charge in [-0.2, -0.15) is 0 Å². The van der Waals surface area contributed by atoms with Gasteiger partial charge in [0.1, 0.15) is 11.4 Å². The van der Waals surface area contributed by atoms with Gasteiger partial charge in [0.2, 0.25) is 5.91 Å². The summed E-state index contributed by atoms with van der Waals surface area (Å²) < 4.78 is 0. The SMILES string of the molecule is C=C1C2=C(C)[C@]3(O)C(=C)C(C(N)=O)C(C)[C@@H](CC)[C@]3(C)CC2Cc2c(C#CCCC)ccc(O)c21. The van der Waals surface area contributed by atoms with E-state index in [0.29, 0.717) is 5.57 Å². The standard InChI is InChI=1S/C31H39NO3/c1-8-10-11-12-21-13-14-25(33)28-18(4)26-19(5)31(35)20(6)27(29(32)34)17(3)24(9-2)30(31,7)16-22(26)15-23(21)28/h13-14,17,22,24,27,33,35H,4,6,8-10,15-16H2,1-3,5,7H3,(H2,32,34)/t17?,22?,24-,27?,30+,31+/m1/s1. The lowest BCUT2D eigenvalue weighted by Crippen LogP contribution is -2.64. The minimum absolute atomic E-state index is 0.0109. The second-order valence-electron chi connectivity index (χ2n) is 11.1. The van der Waals surface area contributed by atoms with Crippen LogP contribution in [0.25, 0.3) is 5.57 Å². The van der Waals surface area contributed by atoms with Gasteiger partial charge in [0.25, 0.3) is 0 Å². The molecule has 0 saturated heterocycles. The summed E-state index contributed by atoms with van der Waals surface area (Å²) in [6.07, 6.45) is 4.12. The molecule has 0 radical (unpaired) electrons. The maximum Gasteiger partial charge on any atom is 0.225 e. The van der Waals surface area contributed by atoms with E-state index in [1.165, 1.54) is 0 Å². The molecular formula is C31H39NO3. The van der Waals surface area contributed by atoms with Crippen molar-refractivity contribution in [1.82, 2.24) is 0 Å². The third-order valence-corrected chi connectivity index (χ3v) is 9.38. The second-order valence-corrected chi connectivity index (χ2v) is 11.1. The van der Waals surface area contributed by atoms with E-state index < -0.39 is 22.8 Å². The fourth-order valence-corrected chi connectivity index (χ4v) is 7.94.